The minimum atomic E-state index is -0.216. The molecule has 8 heteroatoms. The summed E-state index contributed by atoms with van der Waals surface area (Å²) in [5.41, 5.74) is 2.87. The highest BCUT2D eigenvalue weighted by molar-refractivity contribution is 9.10. The number of piperidine rings is 1. The Labute approximate surface area is 263 Å². The van der Waals surface area contributed by atoms with Gasteiger partial charge in [-0.3, -0.25) is 9.59 Å². The SMILES string of the molecule is COc1ccccc1C(=O)N1CC(CN2CCC3(CC2)CCN(Cc2ccc(Br)cc2)C3=O)C(c2ccccc2)C1.Cl. The second kappa shape index (κ2) is 13.2. The van der Waals surface area contributed by atoms with Gasteiger partial charge in [-0.25, -0.2) is 0 Å². The molecule has 2 atom stereocenters. The standard InChI is InChI=1S/C34H38BrN3O3.ClH/c1-41-31-10-6-5-9-29(31)32(39)38-23-27(30(24-38)26-7-3-2-4-8-26)22-36-18-15-34(16-19-36)17-20-37(33(34)40)21-25-11-13-28(35)14-12-25;/h2-14,27,30H,15-24H2,1H3;1H. The van der Waals surface area contributed by atoms with Crippen LogP contribution < -0.4 is 4.74 Å². The molecule has 0 aliphatic carbocycles. The van der Waals surface area contributed by atoms with Gasteiger partial charge in [-0.05, 0) is 73.7 Å². The molecule has 0 saturated carbocycles. The van der Waals surface area contributed by atoms with Gasteiger partial charge in [0.25, 0.3) is 5.91 Å². The van der Waals surface area contributed by atoms with Crippen molar-refractivity contribution in [2.45, 2.75) is 31.7 Å². The van der Waals surface area contributed by atoms with Gasteiger partial charge in [0.2, 0.25) is 5.91 Å². The van der Waals surface area contributed by atoms with Crippen LogP contribution in [-0.2, 0) is 11.3 Å². The van der Waals surface area contributed by atoms with Crippen molar-refractivity contribution < 1.29 is 14.3 Å². The molecule has 2 unspecified atom stereocenters. The van der Waals surface area contributed by atoms with Crippen LogP contribution in [0.15, 0.2) is 83.3 Å². The highest BCUT2D eigenvalue weighted by Crippen LogP contribution is 2.43. The Morgan fingerprint density at radius 2 is 1.57 bits per heavy atom. The van der Waals surface area contributed by atoms with Gasteiger partial charge >= 0.3 is 0 Å². The summed E-state index contributed by atoms with van der Waals surface area (Å²) in [7, 11) is 1.61. The molecule has 3 fully saturated rings. The third-order valence-corrected chi connectivity index (χ3v) is 10.0. The van der Waals surface area contributed by atoms with Crippen molar-refractivity contribution in [1.82, 2.24) is 14.7 Å². The number of rotatable bonds is 7. The number of para-hydroxylation sites is 1. The van der Waals surface area contributed by atoms with Crippen LogP contribution in [0.4, 0.5) is 0 Å². The quantitative estimate of drug-likeness (QED) is 0.303. The Morgan fingerprint density at radius 3 is 2.29 bits per heavy atom. The van der Waals surface area contributed by atoms with Gasteiger partial charge in [-0.2, -0.15) is 0 Å². The summed E-state index contributed by atoms with van der Waals surface area (Å²) in [5.74, 6) is 1.59. The molecule has 0 aromatic heterocycles. The van der Waals surface area contributed by atoms with Crippen LogP contribution in [0.5, 0.6) is 5.75 Å². The topological polar surface area (TPSA) is 53.1 Å². The highest BCUT2D eigenvalue weighted by atomic mass is 79.9. The summed E-state index contributed by atoms with van der Waals surface area (Å²) < 4.78 is 6.55. The van der Waals surface area contributed by atoms with Crippen LogP contribution in [0.2, 0.25) is 0 Å². The molecule has 6 nitrogen and oxygen atoms in total. The largest absolute Gasteiger partial charge is 0.496 e. The fourth-order valence-corrected chi connectivity index (χ4v) is 7.37. The maximum Gasteiger partial charge on any atom is 0.257 e. The molecule has 0 N–H and O–H groups in total. The molecule has 0 bridgehead atoms. The van der Waals surface area contributed by atoms with E-state index in [4.69, 9.17) is 4.74 Å². The number of halogens is 2. The zero-order valence-corrected chi connectivity index (χ0v) is 26.5. The molecule has 3 aliphatic heterocycles. The number of carbonyl (C=O) groups excluding carboxylic acids is 2. The van der Waals surface area contributed by atoms with E-state index in [-0.39, 0.29) is 29.6 Å². The van der Waals surface area contributed by atoms with E-state index in [1.807, 2.05) is 47.4 Å². The lowest BCUT2D eigenvalue weighted by molar-refractivity contribution is -0.139. The van der Waals surface area contributed by atoms with Gasteiger partial charge in [0.15, 0.2) is 0 Å². The van der Waals surface area contributed by atoms with E-state index in [9.17, 15) is 9.59 Å². The number of likely N-dealkylation sites (tertiary alicyclic amines) is 3. The molecular weight excluding hydrogens is 614 g/mol. The lowest BCUT2D eigenvalue weighted by Gasteiger charge is -2.39. The van der Waals surface area contributed by atoms with Crippen LogP contribution >= 0.6 is 28.3 Å². The molecule has 3 saturated heterocycles. The van der Waals surface area contributed by atoms with E-state index >= 15 is 0 Å². The number of amides is 2. The van der Waals surface area contributed by atoms with Gasteiger partial charge in [0, 0.05) is 43.1 Å². The van der Waals surface area contributed by atoms with Crippen molar-refractivity contribution in [3.05, 3.63) is 100 Å². The Kier molecular flexibility index (Phi) is 9.60. The van der Waals surface area contributed by atoms with Gasteiger partial charge < -0.3 is 19.4 Å². The monoisotopic (exact) mass is 651 g/mol. The van der Waals surface area contributed by atoms with Gasteiger partial charge in [-0.15, -0.1) is 12.4 Å². The molecule has 3 aliphatic rings. The predicted molar refractivity (Wildman–Crippen MR) is 171 cm³/mol. The number of ether oxygens (including phenoxy) is 1. The zero-order valence-electron chi connectivity index (χ0n) is 24.1. The minimum absolute atomic E-state index is 0. The second-order valence-electron chi connectivity index (χ2n) is 11.9. The molecule has 0 radical (unpaired) electrons. The highest BCUT2D eigenvalue weighted by Gasteiger charge is 2.48. The third kappa shape index (κ3) is 6.24. The van der Waals surface area contributed by atoms with Crippen LogP contribution in [0, 0.1) is 11.3 Å². The van der Waals surface area contributed by atoms with E-state index in [0.717, 1.165) is 56.5 Å². The zero-order chi connectivity index (χ0) is 28.4. The Balaban J connectivity index is 0.00000353. The van der Waals surface area contributed by atoms with Crippen LogP contribution in [0.1, 0.15) is 46.7 Å². The molecule has 222 valence electrons. The summed E-state index contributed by atoms with van der Waals surface area (Å²) in [6.07, 6.45) is 2.78. The summed E-state index contributed by atoms with van der Waals surface area (Å²) in [6, 6.07) is 26.4. The molecule has 3 aromatic carbocycles. The van der Waals surface area contributed by atoms with Gasteiger partial charge in [0.05, 0.1) is 18.1 Å². The summed E-state index contributed by atoms with van der Waals surface area (Å²) in [4.78, 5) is 33.8. The lowest BCUT2D eigenvalue weighted by atomic mass is 9.76. The first kappa shape index (κ1) is 30.6. The lowest BCUT2D eigenvalue weighted by Crippen LogP contribution is -2.46. The number of hydrogen-bond donors (Lipinski definition) is 0. The van der Waals surface area contributed by atoms with Crippen LogP contribution in [0.3, 0.4) is 0 Å². The molecule has 3 aromatic rings. The van der Waals surface area contributed by atoms with E-state index in [0.29, 0.717) is 36.2 Å². The second-order valence-corrected chi connectivity index (χ2v) is 12.8. The van der Waals surface area contributed by atoms with Crippen molar-refractivity contribution in [2.75, 3.05) is 46.4 Å². The van der Waals surface area contributed by atoms with Gasteiger partial charge in [-0.1, -0.05) is 70.5 Å². The smallest absolute Gasteiger partial charge is 0.257 e. The number of carbonyl (C=O) groups is 2. The maximum absolute atomic E-state index is 13.6. The van der Waals surface area contributed by atoms with Crippen molar-refractivity contribution >= 4 is 40.2 Å². The molecular formula is C34H39BrClN3O3. The Bertz CT molecular complexity index is 1380. The first-order valence-electron chi connectivity index (χ1n) is 14.7. The molecule has 6 rings (SSSR count). The van der Waals surface area contributed by atoms with E-state index < -0.39 is 0 Å². The first-order valence-corrected chi connectivity index (χ1v) is 15.5. The third-order valence-electron chi connectivity index (χ3n) is 9.49. The summed E-state index contributed by atoms with van der Waals surface area (Å²) >= 11 is 3.50. The van der Waals surface area contributed by atoms with Crippen molar-refractivity contribution in [2.24, 2.45) is 11.3 Å². The van der Waals surface area contributed by atoms with E-state index in [1.54, 1.807) is 7.11 Å². The maximum atomic E-state index is 13.6. The number of benzene rings is 3. The number of methoxy groups -OCH3 is 1. The van der Waals surface area contributed by atoms with Crippen LogP contribution in [0.25, 0.3) is 0 Å². The predicted octanol–water partition coefficient (Wildman–Crippen LogP) is 6.25. The molecule has 2 amide bonds. The fraction of sp³-hybridized carbons (Fsp3) is 0.412. The Morgan fingerprint density at radius 1 is 0.905 bits per heavy atom. The van der Waals surface area contributed by atoms with Crippen molar-refractivity contribution in [3.8, 4) is 5.75 Å². The minimum Gasteiger partial charge on any atom is -0.496 e. The first-order chi connectivity index (χ1) is 20.0. The normalized spacial score (nSPS) is 21.9. The van der Waals surface area contributed by atoms with E-state index in [2.05, 4.69) is 62.1 Å². The molecule has 3 heterocycles. The van der Waals surface area contributed by atoms with Crippen LogP contribution in [-0.4, -0.2) is 72.9 Å². The fourth-order valence-electron chi connectivity index (χ4n) is 7.10. The van der Waals surface area contributed by atoms with Crippen molar-refractivity contribution in [3.63, 3.8) is 0 Å². The molecule has 1 spiro atoms. The number of nitrogens with zero attached hydrogens (tertiary/aromatic N) is 3. The van der Waals surface area contributed by atoms with Gasteiger partial charge in [0.1, 0.15) is 5.75 Å². The van der Waals surface area contributed by atoms with E-state index in [1.165, 1.54) is 11.1 Å². The average molecular weight is 653 g/mol. The Hall–Kier alpha value is -2.87. The molecule has 42 heavy (non-hydrogen) atoms. The summed E-state index contributed by atoms with van der Waals surface area (Å²) in [6.45, 7) is 5.74. The van der Waals surface area contributed by atoms with Crippen molar-refractivity contribution in [1.29, 1.82) is 0 Å². The summed E-state index contributed by atoms with van der Waals surface area (Å²) in [5, 5.41) is 0. The average Bonchev–Trinajstić information content (AvgIpc) is 3.56. The number of hydrogen-bond acceptors (Lipinski definition) is 4.